The molecule has 2 aromatic carbocycles. The van der Waals surface area contributed by atoms with E-state index in [4.69, 9.17) is 24.0 Å². The molecule has 0 radical (unpaired) electrons. The first-order valence-electron chi connectivity index (χ1n) is 7.98. The summed E-state index contributed by atoms with van der Waals surface area (Å²) in [6.07, 6.45) is 0. The number of carbonyl (C=O) groups is 1. The van der Waals surface area contributed by atoms with E-state index >= 15 is 0 Å². The Bertz CT molecular complexity index is 1060. The minimum atomic E-state index is -0.388. The van der Waals surface area contributed by atoms with E-state index < -0.39 is 0 Å². The summed E-state index contributed by atoms with van der Waals surface area (Å²) in [5.74, 6) is 1.48. The van der Waals surface area contributed by atoms with Gasteiger partial charge >= 0.3 is 0 Å². The number of nitrogens with one attached hydrogen (secondary N) is 2. The fourth-order valence-corrected chi connectivity index (χ4v) is 2.79. The van der Waals surface area contributed by atoms with Crippen LogP contribution in [-0.2, 0) is 6.54 Å². The van der Waals surface area contributed by atoms with Crippen molar-refractivity contribution in [3.63, 3.8) is 0 Å². The lowest BCUT2D eigenvalue weighted by atomic mass is 10.1. The highest BCUT2D eigenvalue weighted by Gasteiger charge is 2.15. The van der Waals surface area contributed by atoms with Gasteiger partial charge in [0.05, 0.1) is 7.11 Å². The van der Waals surface area contributed by atoms with Crippen molar-refractivity contribution in [2.75, 3.05) is 13.9 Å². The van der Waals surface area contributed by atoms with Crippen LogP contribution in [0.3, 0.4) is 0 Å². The highest BCUT2D eigenvalue weighted by Crippen LogP contribution is 2.32. The number of hydrogen-bond acceptors (Lipinski definition) is 6. The highest BCUT2D eigenvalue weighted by atomic mass is 16.7. The maximum Gasteiger partial charge on any atom is 0.257 e. The van der Waals surface area contributed by atoms with Crippen LogP contribution in [-0.4, -0.2) is 19.8 Å². The van der Waals surface area contributed by atoms with Crippen molar-refractivity contribution in [3.8, 4) is 17.2 Å². The van der Waals surface area contributed by atoms with Crippen molar-refractivity contribution in [3.05, 3.63) is 59.1 Å². The molecule has 1 aliphatic heterocycles. The Morgan fingerprint density at radius 2 is 2.04 bits per heavy atom. The molecule has 2 N–H and O–H groups in total. The SMILES string of the molecule is COc1cccc2cc(C(=O)NCc3ccc4c(c3)OCO4)c(=N)oc12. The smallest absolute Gasteiger partial charge is 0.257 e. The van der Waals surface area contributed by atoms with E-state index in [1.807, 2.05) is 12.1 Å². The maximum absolute atomic E-state index is 12.5. The van der Waals surface area contributed by atoms with Crippen LogP contribution in [0.25, 0.3) is 11.0 Å². The van der Waals surface area contributed by atoms with Crippen molar-refractivity contribution >= 4 is 16.9 Å². The zero-order chi connectivity index (χ0) is 18.1. The molecule has 2 heterocycles. The number of benzene rings is 2. The van der Waals surface area contributed by atoms with Crippen LogP contribution in [0.15, 0.2) is 46.9 Å². The third kappa shape index (κ3) is 2.83. The summed E-state index contributed by atoms with van der Waals surface area (Å²) in [5.41, 5.74) is 1.25. The van der Waals surface area contributed by atoms with Crippen molar-refractivity contribution in [2.24, 2.45) is 0 Å². The lowest BCUT2D eigenvalue weighted by Crippen LogP contribution is -2.27. The van der Waals surface area contributed by atoms with Gasteiger partial charge in [0.2, 0.25) is 12.3 Å². The number of para-hydroxylation sites is 1. The largest absolute Gasteiger partial charge is 0.493 e. The molecule has 7 heteroatoms. The Hall–Kier alpha value is -3.48. The molecule has 0 atom stereocenters. The Morgan fingerprint density at radius 1 is 1.19 bits per heavy atom. The molecule has 0 fully saturated rings. The van der Waals surface area contributed by atoms with Gasteiger partial charge in [0.1, 0.15) is 5.56 Å². The van der Waals surface area contributed by atoms with E-state index in [9.17, 15) is 4.79 Å². The lowest BCUT2D eigenvalue weighted by molar-refractivity contribution is 0.0946. The first-order valence-corrected chi connectivity index (χ1v) is 7.98. The number of carbonyl (C=O) groups excluding carboxylic acids is 1. The number of fused-ring (bicyclic) bond motifs is 2. The first kappa shape index (κ1) is 16.0. The predicted octanol–water partition coefficient (Wildman–Crippen LogP) is 2.58. The monoisotopic (exact) mass is 352 g/mol. The van der Waals surface area contributed by atoms with Crippen LogP contribution in [0.4, 0.5) is 0 Å². The molecule has 3 aromatic rings. The normalized spacial score (nSPS) is 12.2. The topological polar surface area (TPSA) is 93.8 Å². The van der Waals surface area contributed by atoms with E-state index in [0.717, 1.165) is 5.56 Å². The summed E-state index contributed by atoms with van der Waals surface area (Å²) < 4.78 is 21.3. The standard InChI is InChI=1S/C19H16N2O5/c1-23-15-4-2-3-12-8-13(18(20)26-17(12)15)19(22)21-9-11-5-6-14-16(7-11)25-10-24-14/h2-8,20H,9-10H2,1H3,(H,21,22). The molecule has 1 amide bonds. The zero-order valence-corrected chi connectivity index (χ0v) is 14.0. The van der Waals surface area contributed by atoms with E-state index in [0.29, 0.717) is 34.8 Å². The van der Waals surface area contributed by atoms with Gasteiger partial charge in [0, 0.05) is 11.9 Å². The fourth-order valence-electron chi connectivity index (χ4n) is 2.79. The second kappa shape index (κ2) is 6.44. The zero-order valence-electron chi connectivity index (χ0n) is 14.0. The van der Waals surface area contributed by atoms with Gasteiger partial charge in [0.25, 0.3) is 5.91 Å². The van der Waals surface area contributed by atoms with Gasteiger partial charge in [-0.2, -0.15) is 0 Å². The van der Waals surface area contributed by atoms with Gasteiger partial charge in [0.15, 0.2) is 22.8 Å². The summed E-state index contributed by atoms with van der Waals surface area (Å²) in [4.78, 5) is 12.5. The molecular weight excluding hydrogens is 336 g/mol. The van der Waals surface area contributed by atoms with Crippen molar-refractivity contribution in [1.29, 1.82) is 5.41 Å². The molecule has 0 bridgehead atoms. The molecule has 1 aromatic heterocycles. The van der Waals surface area contributed by atoms with Crippen molar-refractivity contribution < 1.29 is 23.4 Å². The number of rotatable bonds is 4. The van der Waals surface area contributed by atoms with E-state index in [2.05, 4.69) is 5.32 Å². The average Bonchev–Trinajstić information content (AvgIpc) is 3.13. The molecule has 7 nitrogen and oxygen atoms in total. The summed E-state index contributed by atoms with van der Waals surface area (Å²) in [7, 11) is 1.53. The third-order valence-corrected chi connectivity index (χ3v) is 4.11. The third-order valence-electron chi connectivity index (χ3n) is 4.11. The molecule has 1 aliphatic rings. The van der Waals surface area contributed by atoms with Gasteiger partial charge in [-0.1, -0.05) is 18.2 Å². The second-order valence-electron chi connectivity index (χ2n) is 5.74. The summed E-state index contributed by atoms with van der Waals surface area (Å²) in [6.45, 7) is 0.500. The van der Waals surface area contributed by atoms with E-state index in [-0.39, 0.29) is 23.8 Å². The minimum Gasteiger partial charge on any atom is -0.493 e. The molecule has 132 valence electrons. The highest BCUT2D eigenvalue weighted by molar-refractivity contribution is 5.97. The summed E-state index contributed by atoms with van der Waals surface area (Å²) in [5, 5.41) is 11.5. The van der Waals surface area contributed by atoms with Gasteiger partial charge < -0.3 is 23.9 Å². The molecule has 0 unspecified atom stereocenters. The van der Waals surface area contributed by atoms with E-state index in [1.54, 1.807) is 30.3 Å². The molecule has 0 saturated heterocycles. The van der Waals surface area contributed by atoms with Crippen LogP contribution < -0.4 is 25.1 Å². The first-order chi connectivity index (χ1) is 12.7. The summed E-state index contributed by atoms with van der Waals surface area (Å²) in [6, 6.07) is 12.4. The van der Waals surface area contributed by atoms with Gasteiger partial charge in [-0.15, -0.1) is 0 Å². The Kier molecular flexibility index (Phi) is 3.96. The average molecular weight is 352 g/mol. The van der Waals surface area contributed by atoms with Crippen molar-refractivity contribution in [2.45, 2.75) is 6.54 Å². The van der Waals surface area contributed by atoms with Crippen LogP contribution in [0, 0.1) is 5.41 Å². The fraction of sp³-hybridized carbons (Fsp3) is 0.158. The maximum atomic E-state index is 12.5. The number of methoxy groups -OCH3 is 1. The van der Waals surface area contributed by atoms with Crippen LogP contribution in [0.1, 0.15) is 15.9 Å². The minimum absolute atomic E-state index is 0.159. The van der Waals surface area contributed by atoms with Crippen LogP contribution in [0.2, 0.25) is 0 Å². The quantitative estimate of drug-likeness (QED) is 0.753. The molecule has 0 saturated carbocycles. The van der Waals surface area contributed by atoms with E-state index in [1.165, 1.54) is 7.11 Å². The second-order valence-corrected chi connectivity index (χ2v) is 5.74. The van der Waals surface area contributed by atoms with Crippen molar-refractivity contribution in [1.82, 2.24) is 5.32 Å². The molecular formula is C19H16N2O5. The van der Waals surface area contributed by atoms with Gasteiger partial charge in [-0.25, -0.2) is 0 Å². The number of ether oxygens (including phenoxy) is 3. The molecule has 4 rings (SSSR count). The number of hydrogen-bond donors (Lipinski definition) is 2. The predicted molar refractivity (Wildman–Crippen MR) is 92.4 cm³/mol. The molecule has 26 heavy (non-hydrogen) atoms. The Labute approximate surface area is 148 Å². The number of amides is 1. The Morgan fingerprint density at radius 3 is 2.88 bits per heavy atom. The van der Waals surface area contributed by atoms with Crippen LogP contribution in [0.5, 0.6) is 17.2 Å². The summed E-state index contributed by atoms with van der Waals surface area (Å²) >= 11 is 0. The van der Waals surface area contributed by atoms with Crippen LogP contribution >= 0.6 is 0 Å². The van der Waals surface area contributed by atoms with Gasteiger partial charge in [-0.05, 0) is 29.8 Å². The van der Waals surface area contributed by atoms with Gasteiger partial charge in [-0.3, -0.25) is 10.2 Å². The molecule has 0 spiro atoms. The lowest BCUT2D eigenvalue weighted by Gasteiger charge is -2.08. The molecule has 0 aliphatic carbocycles. The Balaban J connectivity index is 1.56.